The standard InChI is InChI=1S/C11H16ClN5O2/c1-16-5-3-2-4-8(16)6-13-10-9(17(18)19)7-14-11(12)15-10/h7-8H,2-6H2,1H3,(H,13,14,15). The second-order valence-electron chi connectivity index (χ2n) is 4.64. The van der Waals surface area contributed by atoms with Crippen LogP contribution in [0.15, 0.2) is 6.20 Å². The van der Waals surface area contributed by atoms with Crippen molar-refractivity contribution in [2.24, 2.45) is 0 Å². The molecule has 104 valence electrons. The van der Waals surface area contributed by atoms with E-state index in [2.05, 4.69) is 27.2 Å². The molecule has 0 aromatic carbocycles. The fraction of sp³-hybridized carbons (Fsp3) is 0.636. The molecule has 1 saturated heterocycles. The zero-order valence-corrected chi connectivity index (χ0v) is 11.4. The van der Waals surface area contributed by atoms with E-state index in [-0.39, 0.29) is 16.8 Å². The van der Waals surface area contributed by atoms with Gasteiger partial charge in [-0.1, -0.05) is 6.42 Å². The van der Waals surface area contributed by atoms with Gasteiger partial charge in [-0.25, -0.2) is 4.98 Å². The van der Waals surface area contributed by atoms with Gasteiger partial charge in [0.15, 0.2) is 0 Å². The fourth-order valence-corrected chi connectivity index (χ4v) is 2.37. The summed E-state index contributed by atoms with van der Waals surface area (Å²) in [7, 11) is 2.06. The normalized spacial score (nSPS) is 20.2. The van der Waals surface area contributed by atoms with Crippen LogP contribution in [0.25, 0.3) is 0 Å². The number of hydrogen-bond donors (Lipinski definition) is 1. The Morgan fingerprint density at radius 3 is 3.11 bits per heavy atom. The largest absolute Gasteiger partial charge is 0.363 e. The summed E-state index contributed by atoms with van der Waals surface area (Å²) in [5.74, 6) is 0.184. The molecule has 7 nitrogen and oxygen atoms in total. The molecular weight excluding hydrogens is 270 g/mol. The lowest BCUT2D eigenvalue weighted by Gasteiger charge is -2.32. The summed E-state index contributed by atoms with van der Waals surface area (Å²) in [6.07, 6.45) is 4.59. The first-order valence-corrected chi connectivity index (χ1v) is 6.57. The minimum atomic E-state index is -0.511. The molecule has 0 saturated carbocycles. The van der Waals surface area contributed by atoms with Crippen molar-refractivity contribution in [2.75, 3.05) is 25.5 Å². The summed E-state index contributed by atoms with van der Waals surface area (Å²) in [5, 5.41) is 13.9. The summed E-state index contributed by atoms with van der Waals surface area (Å²) >= 11 is 5.68. The van der Waals surface area contributed by atoms with E-state index in [0.29, 0.717) is 12.6 Å². The van der Waals surface area contributed by atoms with Gasteiger partial charge in [-0.2, -0.15) is 4.98 Å². The highest BCUT2D eigenvalue weighted by Crippen LogP contribution is 2.23. The molecule has 1 aliphatic rings. The summed E-state index contributed by atoms with van der Waals surface area (Å²) in [4.78, 5) is 20.1. The zero-order chi connectivity index (χ0) is 13.8. The van der Waals surface area contributed by atoms with Crippen LogP contribution < -0.4 is 5.32 Å². The van der Waals surface area contributed by atoms with E-state index in [1.54, 1.807) is 0 Å². The van der Waals surface area contributed by atoms with Gasteiger partial charge >= 0.3 is 5.69 Å². The van der Waals surface area contributed by atoms with Crippen LogP contribution in [-0.2, 0) is 0 Å². The van der Waals surface area contributed by atoms with E-state index in [9.17, 15) is 10.1 Å². The lowest BCUT2D eigenvalue weighted by Crippen LogP contribution is -2.40. The maximum atomic E-state index is 10.9. The smallest absolute Gasteiger partial charge is 0.329 e. The summed E-state index contributed by atoms with van der Waals surface area (Å²) in [6.45, 7) is 1.67. The van der Waals surface area contributed by atoms with Gasteiger partial charge in [0.25, 0.3) is 0 Å². The SMILES string of the molecule is CN1CCCCC1CNc1nc(Cl)ncc1[N+](=O)[O-]. The van der Waals surface area contributed by atoms with Gasteiger partial charge in [0.2, 0.25) is 11.1 Å². The number of anilines is 1. The molecule has 19 heavy (non-hydrogen) atoms. The monoisotopic (exact) mass is 285 g/mol. The third-order valence-electron chi connectivity index (χ3n) is 3.36. The van der Waals surface area contributed by atoms with Crippen molar-refractivity contribution in [2.45, 2.75) is 25.3 Å². The Labute approximate surface area is 116 Å². The Balaban J connectivity index is 2.05. The molecule has 1 N–H and O–H groups in total. The van der Waals surface area contributed by atoms with Crippen LogP contribution in [0.4, 0.5) is 11.5 Å². The van der Waals surface area contributed by atoms with Gasteiger partial charge in [-0.3, -0.25) is 10.1 Å². The molecule has 1 unspecified atom stereocenters. The number of rotatable bonds is 4. The van der Waals surface area contributed by atoms with Crippen molar-refractivity contribution in [3.05, 3.63) is 21.6 Å². The van der Waals surface area contributed by atoms with E-state index in [0.717, 1.165) is 19.2 Å². The zero-order valence-electron chi connectivity index (χ0n) is 10.7. The fourth-order valence-electron chi connectivity index (χ4n) is 2.23. The third kappa shape index (κ3) is 3.51. The number of nitro groups is 1. The topological polar surface area (TPSA) is 84.2 Å². The molecule has 1 aromatic heterocycles. The lowest BCUT2D eigenvalue weighted by molar-refractivity contribution is -0.384. The molecule has 0 spiro atoms. The first-order valence-electron chi connectivity index (χ1n) is 6.19. The minimum Gasteiger partial charge on any atom is -0.363 e. The molecule has 0 radical (unpaired) electrons. The number of likely N-dealkylation sites (tertiary alicyclic amines) is 1. The molecule has 0 bridgehead atoms. The van der Waals surface area contributed by atoms with E-state index >= 15 is 0 Å². The van der Waals surface area contributed by atoms with Crippen molar-refractivity contribution in [3.8, 4) is 0 Å². The molecule has 0 aliphatic carbocycles. The first kappa shape index (κ1) is 14.0. The van der Waals surface area contributed by atoms with Gasteiger partial charge in [-0.15, -0.1) is 0 Å². The van der Waals surface area contributed by atoms with Crippen molar-refractivity contribution in [3.63, 3.8) is 0 Å². The first-order chi connectivity index (χ1) is 9.08. The van der Waals surface area contributed by atoms with Crippen molar-refractivity contribution in [1.82, 2.24) is 14.9 Å². The van der Waals surface area contributed by atoms with Crippen LogP contribution in [0, 0.1) is 10.1 Å². The van der Waals surface area contributed by atoms with E-state index in [1.165, 1.54) is 12.8 Å². The Kier molecular flexibility index (Phi) is 4.49. The molecular formula is C11H16ClN5O2. The van der Waals surface area contributed by atoms with Crippen LogP contribution in [-0.4, -0.2) is 46.0 Å². The third-order valence-corrected chi connectivity index (χ3v) is 3.55. The highest BCUT2D eigenvalue weighted by molar-refractivity contribution is 6.28. The number of hydrogen-bond acceptors (Lipinski definition) is 6. The van der Waals surface area contributed by atoms with Crippen LogP contribution in [0.1, 0.15) is 19.3 Å². The lowest BCUT2D eigenvalue weighted by atomic mass is 10.0. The molecule has 0 amide bonds. The molecule has 1 aliphatic heterocycles. The predicted octanol–water partition coefficient (Wildman–Crippen LogP) is 1.93. The second-order valence-corrected chi connectivity index (χ2v) is 4.98. The highest BCUT2D eigenvalue weighted by Gasteiger charge is 2.21. The average molecular weight is 286 g/mol. The molecule has 1 fully saturated rings. The van der Waals surface area contributed by atoms with Gasteiger partial charge in [-0.05, 0) is 38.0 Å². The molecule has 2 rings (SSSR count). The van der Waals surface area contributed by atoms with Crippen molar-refractivity contribution >= 4 is 23.1 Å². The van der Waals surface area contributed by atoms with Gasteiger partial charge < -0.3 is 10.2 Å². The summed E-state index contributed by atoms with van der Waals surface area (Å²) < 4.78 is 0. The maximum Gasteiger partial charge on any atom is 0.329 e. The number of nitrogens with zero attached hydrogens (tertiary/aromatic N) is 4. The van der Waals surface area contributed by atoms with E-state index in [4.69, 9.17) is 11.6 Å². The van der Waals surface area contributed by atoms with Crippen LogP contribution >= 0.6 is 11.6 Å². The second kappa shape index (κ2) is 6.12. The summed E-state index contributed by atoms with van der Waals surface area (Å²) in [6, 6.07) is 0.363. The average Bonchev–Trinajstić information content (AvgIpc) is 2.37. The van der Waals surface area contributed by atoms with Gasteiger partial charge in [0, 0.05) is 12.6 Å². The molecule has 1 aromatic rings. The molecule has 8 heteroatoms. The number of piperidine rings is 1. The minimum absolute atomic E-state index is 0.00472. The van der Waals surface area contributed by atoms with E-state index < -0.39 is 4.92 Å². The Morgan fingerprint density at radius 2 is 2.42 bits per heavy atom. The number of nitrogens with one attached hydrogen (secondary N) is 1. The number of likely N-dealkylation sites (N-methyl/N-ethyl adjacent to an activating group) is 1. The van der Waals surface area contributed by atoms with Gasteiger partial charge in [0.05, 0.1) is 4.92 Å². The van der Waals surface area contributed by atoms with Crippen LogP contribution in [0.3, 0.4) is 0 Å². The summed E-state index contributed by atoms with van der Waals surface area (Å²) in [5.41, 5.74) is -0.150. The van der Waals surface area contributed by atoms with Crippen LogP contribution in [0.2, 0.25) is 5.28 Å². The number of aromatic nitrogens is 2. The predicted molar refractivity (Wildman–Crippen MR) is 72.5 cm³/mol. The molecule has 1 atom stereocenters. The van der Waals surface area contributed by atoms with Crippen LogP contribution in [0.5, 0.6) is 0 Å². The van der Waals surface area contributed by atoms with Crippen molar-refractivity contribution < 1.29 is 4.92 Å². The van der Waals surface area contributed by atoms with E-state index in [1.807, 2.05) is 0 Å². The van der Waals surface area contributed by atoms with Gasteiger partial charge in [0.1, 0.15) is 6.20 Å². The Morgan fingerprint density at radius 1 is 1.63 bits per heavy atom. The molecule has 2 heterocycles. The number of halogens is 1. The maximum absolute atomic E-state index is 10.9. The Hall–Kier alpha value is -1.47. The van der Waals surface area contributed by atoms with Crippen molar-refractivity contribution in [1.29, 1.82) is 0 Å². The highest BCUT2D eigenvalue weighted by atomic mass is 35.5. The Bertz CT molecular complexity index is 470. The quantitative estimate of drug-likeness (QED) is 0.517.